The van der Waals surface area contributed by atoms with Crippen LogP contribution in [0.3, 0.4) is 0 Å². The quantitative estimate of drug-likeness (QED) is 0.512. The Balaban J connectivity index is 1.38. The molecule has 0 bridgehead atoms. The first kappa shape index (κ1) is 22.8. The highest BCUT2D eigenvalue weighted by Crippen LogP contribution is 2.44. The molecule has 3 atom stereocenters. The van der Waals surface area contributed by atoms with Crippen molar-refractivity contribution < 1.29 is 29.3 Å². The molecular formula is C25H28N2O6. The van der Waals surface area contributed by atoms with Crippen LogP contribution in [-0.2, 0) is 14.3 Å². The van der Waals surface area contributed by atoms with Crippen LogP contribution < -0.4 is 10.6 Å². The molecule has 0 radical (unpaired) electrons. The van der Waals surface area contributed by atoms with E-state index >= 15 is 0 Å². The summed E-state index contributed by atoms with van der Waals surface area (Å²) in [7, 11) is 0. The van der Waals surface area contributed by atoms with Crippen molar-refractivity contribution >= 4 is 18.0 Å². The van der Waals surface area contributed by atoms with Gasteiger partial charge in [-0.3, -0.25) is 4.79 Å². The lowest BCUT2D eigenvalue weighted by atomic mass is 9.98. The number of hydrogen-bond donors (Lipinski definition) is 4. The average molecular weight is 453 g/mol. The van der Waals surface area contributed by atoms with Crippen LogP contribution in [-0.4, -0.2) is 53.0 Å². The minimum atomic E-state index is -1.77. The van der Waals surface area contributed by atoms with Crippen LogP contribution in [0, 0.1) is 5.92 Å². The van der Waals surface area contributed by atoms with E-state index in [0.717, 1.165) is 28.7 Å². The highest BCUT2D eigenvalue weighted by atomic mass is 16.5. The van der Waals surface area contributed by atoms with E-state index in [4.69, 9.17) is 4.74 Å². The van der Waals surface area contributed by atoms with E-state index in [1.165, 1.54) is 6.92 Å². The van der Waals surface area contributed by atoms with Crippen molar-refractivity contribution in [2.75, 3.05) is 13.2 Å². The third kappa shape index (κ3) is 4.43. The lowest BCUT2D eigenvalue weighted by molar-refractivity contribution is -0.149. The second-order valence-electron chi connectivity index (χ2n) is 8.90. The van der Waals surface area contributed by atoms with E-state index in [0.29, 0.717) is 12.8 Å². The third-order valence-electron chi connectivity index (χ3n) is 6.69. The number of carboxylic acid groups (broad SMARTS) is 1. The second kappa shape index (κ2) is 9.23. The Bertz CT molecular complexity index is 1020. The highest BCUT2D eigenvalue weighted by Gasteiger charge is 2.40. The molecule has 174 valence electrons. The Labute approximate surface area is 192 Å². The van der Waals surface area contributed by atoms with Crippen molar-refractivity contribution in [2.24, 2.45) is 5.92 Å². The van der Waals surface area contributed by atoms with Gasteiger partial charge >= 0.3 is 12.1 Å². The van der Waals surface area contributed by atoms with Gasteiger partial charge in [0.2, 0.25) is 5.91 Å². The lowest BCUT2D eigenvalue weighted by Crippen LogP contribution is -2.57. The van der Waals surface area contributed by atoms with Gasteiger partial charge in [-0.05, 0) is 42.0 Å². The fourth-order valence-corrected chi connectivity index (χ4v) is 4.76. The van der Waals surface area contributed by atoms with Crippen LogP contribution >= 0.6 is 0 Å². The van der Waals surface area contributed by atoms with E-state index < -0.39 is 42.1 Å². The van der Waals surface area contributed by atoms with Gasteiger partial charge in [0.25, 0.3) is 0 Å². The van der Waals surface area contributed by atoms with Crippen LogP contribution in [0.2, 0.25) is 0 Å². The number of aliphatic hydroxyl groups is 1. The summed E-state index contributed by atoms with van der Waals surface area (Å²) in [6.07, 6.45) is 1.21. The maximum absolute atomic E-state index is 12.7. The fourth-order valence-electron chi connectivity index (χ4n) is 4.76. The summed E-state index contributed by atoms with van der Waals surface area (Å²) in [5, 5.41) is 23.9. The Morgan fingerprint density at radius 2 is 1.64 bits per heavy atom. The molecule has 2 aliphatic carbocycles. The number of carbonyl (C=O) groups is 3. The molecule has 0 saturated heterocycles. The molecule has 4 rings (SSSR count). The molecule has 0 aromatic heterocycles. The zero-order valence-electron chi connectivity index (χ0n) is 18.4. The number of amides is 2. The number of carboxylic acids is 1. The number of carbonyl (C=O) groups excluding carboxylic acids is 2. The summed E-state index contributed by atoms with van der Waals surface area (Å²) in [5.41, 5.74) is 2.73. The van der Waals surface area contributed by atoms with E-state index in [1.807, 2.05) is 36.4 Å². The molecule has 2 amide bonds. The molecule has 0 spiro atoms. The summed E-state index contributed by atoms with van der Waals surface area (Å²) in [4.78, 5) is 36.7. The van der Waals surface area contributed by atoms with Gasteiger partial charge in [0, 0.05) is 12.0 Å². The number of alkyl carbamates (subject to hydrolysis) is 1. The van der Waals surface area contributed by atoms with E-state index in [1.54, 1.807) is 0 Å². The van der Waals surface area contributed by atoms with Crippen molar-refractivity contribution in [3.05, 3.63) is 59.7 Å². The van der Waals surface area contributed by atoms with Gasteiger partial charge in [-0.25, -0.2) is 9.59 Å². The standard InChI is InChI=1S/C25H28N2O6/c1-25(14-28,23(30)31)27-22(29)19-11-6-12-21(19)26-24(32)33-13-20-17-9-4-2-7-15(17)16-8-3-5-10-18(16)20/h2-5,7-10,19-21,28H,6,11-14H2,1H3,(H,26,32)(H,27,29)(H,30,31)/t19-,21+,25?/m1/s1. The fraction of sp³-hybridized carbons (Fsp3) is 0.400. The van der Waals surface area contributed by atoms with Crippen molar-refractivity contribution in [3.63, 3.8) is 0 Å². The number of hydrogen-bond acceptors (Lipinski definition) is 5. The largest absolute Gasteiger partial charge is 0.479 e. The minimum absolute atomic E-state index is 0.0633. The summed E-state index contributed by atoms with van der Waals surface area (Å²) in [6.45, 7) is 0.687. The molecule has 1 saturated carbocycles. The van der Waals surface area contributed by atoms with Gasteiger partial charge in [0.1, 0.15) is 6.61 Å². The molecule has 2 aromatic carbocycles. The first-order valence-corrected chi connectivity index (χ1v) is 11.1. The lowest BCUT2D eigenvalue weighted by Gasteiger charge is -2.27. The number of aliphatic hydroxyl groups excluding tert-OH is 1. The zero-order valence-corrected chi connectivity index (χ0v) is 18.4. The molecule has 2 aromatic rings. The average Bonchev–Trinajstić information content (AvgIpc) is 3.40. The highest BCUT2D eigenvalue weighted by molar-refractivity contribution is 5.88. The van der Waals surface area contributed by atoms with E-state index in [2.05, 4.69) is 22.8 Å². The van der Waals surface area contributed by atoms with Crippen molar-refractivity contribution in [3.8, 4) is 11.1 Å². The predicted octanol–water partition coefficient (Wildman–Crippen LogP) is 2.65. The number of nitrogens with one attached hydrogen (secondary N) is 2. The first-order chi connectivity index (χ1) is 15.8. The maximum Gasteiger partial charge on any atom is 0.407 e. The molecule has 0 aliphatic heterocycles. The number of ether oxygens (including phenoxy) is 1. The molecular weight excluding hydrogens is 424 g/mol. The molecule has 4 N–H and O–H groups in total. The zero-order chi connectivity index (χ0) is 23.6. The third-order valence-corrected chi connectivity index (χ3v) is 6.69. The van der Waals surface area contributed by atoms with E-state index in [9.17, 15) is 24.6 Å². The number of fused-ring (bicyclic) bond motifs is 3. The van der Waals surface area contributed by atoms with Crippen LogP contribution in [0.1, 0.15) is 43.2 Å². The van der Waals surface area contributed by atoms with Gasteiger partial charge in [-0.1, -0.05) is 55.0 Å². The molecule has 8 heteroatoms. The van der Waals surface area contributed by atoms with Crippen molar-refractivity contribution in [1.82, 2.24) is 10.6 Å². The topological polar surface area (TPSA) is 125 Å². The first-order valence-electron chi connectivity index (χ1n) is 11.1. The monoisotopic (exact) mass is 452 g/mol. The molecule has 1 fully saturated rings. The van der Waals surface area contributed by atoms with Gasteiger partial charge in [0.05, 0.1) is 12.5 Å². The van der Waals surface area contributed by atoms with Crippen LogP contribution in [0.5, 0.6) is 0 Å². The molecule has 33 heavy (non-hydrogen) atoms. The normalized spacial score (nSPS) is 20.9. The number of rotatable bonds is 7. The number of aliphatic carboxylic acids is 1. The predicted molar refractivity (Wildman–Crippen MR) is 121 cm³/mol. The van der Waals surface area contributed by atoms with Gasteiger partial charge in [0.15, 0.2) is 5.54 Å². The van der Waals surface area contributed by atoms with E-state index in [-0.39, 0.29) is 12.5 Å². The summed E-state index contributed by atoms with van der Waals surface area (Å²) in [6, 6.07) is 15.7. The minimum Gasteiger partial charge on any atom is -0.479 e. The van der Waals surface area contributed by atoms with Crippen LogP contribution in [0.4, 0.5) is 4.79 Å². The second-order valence-corrected chi connectivity index (χ2v) is 8.90. The van der Waals surface area contributed by atoms with Crippen molar-refractivity contribution in [2.45, 2.75) is 43.7 Å². The Kier molecular flexibility index (Phi) is 6.37. The van der Waals surface area contributed by atoms with Gasteiger partial charge < -0.3 is 25.6 Å². The van der Waals surface area contributed by atoms with Crippen LogP contribution in [0.15, 0.2) is 48.5 Å². The van der Waals surface area contributed by atoms with Crippen molar-refractivity contribution in [1.29, 1.82) is 0 Å². The Hall–Kier alpha value is -3.39. The summed E-state index contributed by atoms with van der Waals surface area (Å²) in [5.74, 6) is -2.48. The summed E-state index contributed by atoms with van der Waals surface area (Å²) >= 11 is 0. The Morgan fingerprint density at radius 3 is 2.21 bits per heavy atom. The smallest absolute Gasteiger partial charge is 0.407 e. The molecule has 2 aliphatic rings. The summed E-state index contributed by atoms with van der Waals surface area (Å²) < 4.78 is 5.57. The SMILES string of the molecule is CC(CO)(NC(=O)[C@@H]1CCC[C@@H]1NC(=O)OCC1c2ccccc2-c2ccccc21)C(=O)O. The number of benzene rings is 2. The Morgan fingerprint density at radius 1 is 1.03 bits per heavy atom. The molecule has 1 unspecified atom stereocenters. The molecule has 8 nitrogen and oxygen atoms in total. The van der Waals surface area contributed by atoms with Crippen LogP contribution in [0.25, 0.3) is 11.1 Å². The van der Waals surface area contributed by atoms with Gasteiger partial charge in [-0.15, -0.1) is 0 Å². The maximum atomic E-state index is 12.7. The molecule has 0 heterocycles. The van der Waals surface area contributed by atoms with Gasteiger partial charge in [-0.2, -0.15) is 0 Å².